The summed E-state index contributed by atoms with van der Waals surface area (Å²) in [6.07, 6.45) is -0.738. The highest BCUT2D eigenvalue weighted by molar-refractivity contribution is 6.19. The van der Waals surface area contributed by atoms with Gasteiger partial charge in [-0.2, -0.15) is 0 Å². The number of hydrogen-bond acceptors (Lipinski definition) is 3. The largest absolute Gasteiger partial charge is 1.00 e. The lowest BCUT2D eigenvalue weighted by Crippen LogP contribution is -3.00. The van der Waals surface area contributed by atoms with Crippen LogP contribution in [0.5, 0.6) is 0 Å². The van der Waals surface area contributed by atoms with Crippen molar-refractivity contribution in [1.29, 1.82) is 0 Å². The van der Waals surface area contributed by atoms with Crippen molar-refractivity contribution in [3.05, 3.63) is 0 Å². The summed E-state index contributed by atoms with van der Waals surface area (Å²) >= 11 is 15.5. The molecule has 0 amide bonds. The van der Waals surface area contributed by atoms with Crippen LogP contribution in [0.25, 0.3) is 0 Å². The summed E-state index contributed by atoms with van der Waals surface area (Å²) in [4.78, 5) is 0. The van der Waals surface area contributed by atoms with Crippen LogP contribution >= 0.6 is 34.8 Å². The molecule has 3 unspecified atom stereocenters. The van der Waals surface area contributed by atoms with E-state index in [-0.39, 0.29) is 24.6 Å². The Morgan fingerprint density at radius 1 is 0.826 bits per heavy atom. The first-order valence-corrected chi connectivity index (χ1v) is 8.54. The minimum absolute atomic E-state index is 0. The van der Waals surface area contributed by atoms with E-state index in [1.807, 2.05) is 42.3 Å². The van der Waals surface area contributed by atoms with Crippen molar-refractivity contribution in [3.8, 4) is 0 Å². The number of halogens is 4. The maximum Gasteiger partial charge on any atom is 0.116 e. The van der Waals surface area contributed by atoms with Gasteiger partial charge in [0.1, 0.15) is 25.3 Å². The normalized spacial score (nSPS) is 15.0. The molecule has 0 spiro atoms. The summed E-state index contributed by atoms with van der Waals surface area (Å²) in [7, 11) is 12.1. The number of nitrogens with zero attached hydrogens (tertiary/aromatic N) is 2. The Kier molecular flexibility index (Phi) is 22.6. The molecular formula is C14H34Cl4N2O3. The van der Waals surface area contributed by atoms with Gasteiger partial charge in [0.15, 0.2) is 0 Å². The Bertz CT molecular complexity index is 222. The second-order valence-electron chi connectivity index (χ2n) is 7.11. The first-order chi connectivity index (χ1) is 9.64. The molecule has 2 N–H and O–H groups in total. The highest BCUT2D eigenvalue weighted by atomic mass is 35.5. The van der Waals surface area contributed by atoms with Crippen molar-refractivity contribution in [2.24, 2.45) is 0 Å². The van der Waals surface area contributed by atoms with Crippen molar-refractivity contribution in [2.75, 3.05) is 67.1 Å². The number of hydrogen-bond donors (Lipinski definition) is 2. The van der Waals surface area contributed by atoms with Crippen LogP contribution in [0, 0.1) is 0 Å². The van der Waals surface area contributed by atoms with Gasteiger partial charge in [0, 0.05) is 0 Å². The molecular weight excluding hydrogens is 386 g/mol. The molecule has 0 aromatic heterocycles. The van der Waals surface area contributed by atoms with E-state index in [9.17, 15) is 5.11 Å². The molecule has 0 aliphatic heterocycles. The molecule has 0 fully saturated rings. The fourth-order valence-corrected chi connectivity index (χ4v) is 1.56. The summed E-state index contributed by atoms with van der Waals surface area (Å²) in [6.45, 7) is 2.80. The van der Waals surface area contributed by atoms with E-state index in [0.717, 1.165) is 8.97 Å². The molecule has 0 bridgehead atoms. The minimum atomic E-state index is -0.944. The quantitative estimate of drug-likeness (QED) is 0.370. The Hall–Kier alpha value is 0.960. The van der Waals surface area contributed by atoms with Crippen LogP contribution < -0.4 is 17.5 Å². The molecule has 0 aromatic rings. The van der Waals surface area contributed by atoms with Crippen LogP contribution in [-0.2, 0) is 0 Å². The van der Waals surface area contributed by atoms with Crippen LogP contribution in [0.15, 0.2) is 0 Å². The lowest BCUT2D eigenvalue weighted by molar-refractivity contribution is -0.873. The number of alkyl halides is 3. The van der Waals surface area contributed by atoms with Gasteiger partial charge in [0.25, 0.3) is 0 Å². The van der Waals surface area contributed by atoms with Crippen molar-refractivity contribution < 1.29 is 36.7 Å². The zero-order valence-electron chi connectivity index (χ0n) is 15.3. The first-order valence-electron chi connectivity index (χ1n) is 7.03. The Morgan fingerprint density at radius 3 is 1.04 bits per heavy atom. The lowest BCUT2D eigenvalue weighted by Gasteiger charge is -2.25. The maximum absolute atomic E-state index is 9.29. The number of quaternary nitrogens is 2. The molecule has 3 atom stereocenters. The zero-order chi connectivity index (χ0) is 18.6. The fourth-order valence-electron chi connectivity index (χ4n) is 1.36. The zero-order valence-corrected chi connectivity index (χ0v) is 18.3. The molecule has 5 nitrogen and oxygen atoms in total. The van der Waals surface area contributed by atoms with Gasteiger partial charge in [0.05, 0.1) is 54.0 Å². The van der Waals surface area contributed by atoms with E-state index >= 15 is 0 Å². The summed E-state index contributed by atoms with van der Waals surface area (Å²) < 4.78 is 1.52. The Morgan fingerprint density at radius 2 is 1.00 bits per heavy atom. The second-order valence-corrected chi connectivity index (χ2v) is 8.34. The SMILES string of the molecule is CC([O-])Cl.C[N+](C)(C)CC(O)CCl.C[N+](C)(C)CC(O)CCl.[Cl-]. The molecule has 0 radical (unpaired) electrons. The van der Waals surface area contributed by atoms with Gasteiger partial charge in [-0.05, 0) is 5.56 Å². The molecule has 0 aliphatic rings. The van der Waals surface area contributed by atoms with Crippen molar-refractivity contribution in [1.82, 2.24) is 0 Å². The summed E-state index contributed by atoms with van der Waals surface area (Å²) in [5, 5.41) is 27.4. The average molecular weight is 420 g/mol. The number of rotatable bonds is 6. The number of likely N-dealkylation sites (N-methyl/N-ethyl adjacent to an activating group) is 2. The summed E-state index contributed by atoms with van der Waals surface area (Å²) in [5.74, 6) is 0.658. The van der Waals surface area contributed by atoms with E-state index in [2.05, 4.69) is 0 Å². The second kappa shape index (κ2) is 16.4. The van der Waals surface area contributed by atoms with Crippen LogP contribution in [0.2, 0.25) is 0 Å². The molecule has 0 saturated heterocycles. The van der Waals surface area contributed by atoms with Crippen molar-refractivity contribution in [3.63, 3.8) is 0 Å². The molecule has 0 heterocycles. The van der Waals surface area contributed by atoms with Gasteiger partial charge in [-0.15, -0.1) is 34.8 Å². The van der Waals surface area contributed by atoms with E-state index in [1.54, 1.807) is 0 Å². The third kappa shape index (κ3) is 45.1. The van der Waals surface area contributed by atoms with Crippen LogP contribution in [0.1, 0.15) is 6.92 Å². The third-order valence-electron chi connectivity index (χ3n) is 1.87. The standard InChI is InChI=1S/2C6H15ClNO.C2H4ClO.ClH/c2*1-8(2,3)5-6(9)4-7;1-2(3)4;/h2*6,9H,4-5H2,1-3H3;2H,1H3;1H/q2*+1;-1;/p-1. The van der Waals surface area contributed by atoms with E-state index < -0.39 is 5.56 Å². The highest BCUT2D eigenvalue weighted by Gasteiger charge is 2.13. The summed E-state index contributed by atoms with van der Waals surface area (Å²) in [6, 6.07) is 0. The number of aliphatic hydroxyl groups is 2. The fraction of sp³-hybridized carbons (Fsp3) is 1.00. The maximum atomic E-state index is 9.29. The molecule has 0 saturated carbocycles. The lowest BCUT2D eigenvalue weighted by atomic mass is 10.3. The third-order valence-corrected chi connectivity index (χ3v) is 2.59. The number of aliphatic hydroxyl groups excluding tert-OH is 2. The molecule has 9 heteroatoms. The predicted molar refractivity (Wildman–Crippen MR) is 94.6 cm³/mol. The predicted octanol–water partition coefficient (Wildman–Crippen LogP) is -2.48. The van der Waals surface area contributed by atoms with E-state index in [4.69, 9.17) is 45.0 Å². The van der Waals surface area contributed by atoms with E-state index in [1.165, 1.54) is 6.92 Å². The van der Waals surface area contributed by atoms with Gasteiger partial charge in [-0.1, -0.05) is 6.92 Å². The van der Waals surface area contributed by atoms with Gasteiger partial charge in [-0.3, -0.25) is 0 Å². The molecule has 0 aliphatic carbocycles. The smallest absolute Gasteiger partial charge is 0.116 e. The van der Waals surface area contributed by atoms with Crippen LogP contribution in [-0.4, -0.2) is 104 Å². The molecule has 0 aromatic carbocycles. The van der Waals surface area contributed by atoms with Gasteiger partial charge in [0.2, 0.25) is 0 Å². The minimum Gasteiger partial charge on any atom is -1.00 e. The first kappa shape index (κ1) is 31.7. The van der Waals surface area contributed by atoms with Crippen LogP contribution in [0.3, 0.4) is 0 Å². The highest BCUT2D eigenvalue weighted by Crippen LogP contribution is 1.96. The van der Waals surface area contributed by atoms with Crippen molar-refractivity contribution >= 4 is 34.8 Å². The average Bonchev–Trinajstić information content (AvgIpc) is 2.24. The Balaban J connectivity index is -0.000000124. The van der Waals surface area contributed by atoms with Gasteiger partial charge >= 0.3 is 0 Å². The monoisotopic (exact) mass is 418 g/mol. The van der Waals surface area contributed by atoms with Gasteiger partial charge in [-0.25, -0.2) is 0 Å². The molecule has 23 heavy (non-hydrogen) atoms. The summed E-state index contributed by atoms with van der Waals surface area (Å²) in [5.41, 5.74) is -0.944. The van der Waals surface area contributed by atoms with Crippen LogP contribution in [0.4, 0.5) is 0 Å². The van der Waals surface area contributed by atoms with Gasteiger partial charge < -0.3 is 36.7 Å². The topological polar surface area (TPSA) is 63.5 Å². The molecule has 0 rings (SSSR count). The van der Waals surface area contributed by atoms with Crippen molar-refractivity contribution in [2.45, 2.75) is 24.7 Å². The van der Waals surface area contributed by atoms with E-state index in [0.29, 0.717) is 24.8 Å². The Labute approximate surface area is 163 Å². The molecule has 146 valence electrons.